The average Bonchev–Trinajstić information content (AvgIpc) is 3.41. The zero-order chi connectivity index (χ0) is 21.2. The SMILES string of the molecule is O=C(NCCn1nc(C(=O)N2CCOCC2)c2c1CCOC2)c1c[nH]c2ccccc12. The van der Waals surface area contributed by atoms with Gasteiger partial charge in [-0.05, 0) is 6.07 Å². The fraction of sp³-hybridized carbons (Fsp3) is 0.409. The summed E-state index contributed by atoms with van der Waals surface area (Å²) in [5.41, 5.74) is 3.89. The van der Waals surface area contributed by atoms with Crippen LogP contribution in [0.1, 0.15) is 32.1 Å². The minimum absolute atomic E-state index is 0.0772. The fourth-order valence-corrected chi connectivity index (χ4v) is 4.21. The van der Waals surface area contributed by atoms with E-state index in [1.54, 1.807) is 11.1 Å². The van der Waals surface area contributed by atoms with Crippen LogP contribution in [0.5, 0.6) is 0 Å². The van der Waals surface area contributed by atoms with Crippen LogP contribution in [0.4, 0.5) is 0 Å². The number of carbonyl (C=O) groups is 2. The van der Waals surface area contributed by atoms with Crippen LogP contribution in [0.2, 0.25) is 0 Å². The molecule has 2 N–H and O–H groups in total. The van der Waals surface area contributed by atoms with Crippen molar-refractivity contribution < 1.29 is 19.1 Å². The summed E-state index contributed by atoms with van der Waals surface area (Å²) in [5.74, 6) is -0.210. The van der Waals surface area contributed by atoms with Crippen molar-refractivity contribution in [2.45, 2.75) is 19.6 Å². The minimum Gasteiger partial charge on any atom is -0.378 e. The van der Waals surface area contributed by atoms with Gasteiger partial charge >= 0.3 is 0 Å². The first-order chi connectivity index (χ1) is 15.2. The Hall–Kier alpha value is -3.17. The third-order valence-electron chi connectivity index (χ3n) is 5.84. The number of fused-ring (bicyclic) bond motifs is 2. The number of aromatic amines is 1. The monoisotopic (exact) mass is 423 g/mol. The molecule has 9 nitrogen and oxygen atoms in total. The molecule has 5 rings (SSSR count). The molecule has 2 aromatic heterocycles. The predicted molar refractivity (Wildman–Crippen MR) is 113 cm³/mol. The highest BCUT2D eigenvalue weighted by Gasteiger charge is 2.29. The molecule has 1 saturated heterocycles. The number of rotatable bonds is 5. The molecule has 0 aliphatic carbocycles. The summed E-state index contributed by atoms with van der Waals surface area (Å²) in [7, 11) is 0. The van der Waals surface area contributed by atoms with E-state index in [-0.39, 0.29) is 11.8 Å². The second kappa shape index (κ2) is 8.52. The van der Waals surface area contributed by atoms with Gasteiger partial charge in [0.2, 0.25) is 0 Å². The average molecular weight is 423 g/mol. The van der Waals surface area contributed by atoms with E-state index in [0.29, 0.717) is 70.3 Å². The largest absolute Gasteiger partial charge is 0.378 e. The number of ether oxygens (including phenoxy) is 2. The van der Waals surface area contributed by atoms with E-state index in [9.17, 15) is 9.59 Å². The van der Waals surface area contributed by atoms with Crippen molar-refractivity contribution in [1.82, 2.24) is 25.0 Å². The topological polar surface area (TPSA) is 101 Å². The quantitative estimate of drug-likeness (QED) is 0.645. The Bertz CT molecular complexity index is 1110. The Balaban J connectivity index is 1.29. The maximum absolute atomic E-state index is 13.0. The van der Waals surface area contributed by atoms with E-state index in [4.69, 9.17) is 9.47 Å². The zero-order valence-electron chi connectivity index (χ0n) is 17.2. The molecule has 0 unspecified atom stereocenters. The van der Waals surface area contributed by atoms with Gasteiger partial charge in [0.05, 0.1) is 38.5 Å². The third-order valence-corrected chi connectivity index (χ3v) is 5.84. The molecule has 31 heavy (non-hydrogen) atoms. The summed E-state index contributed by atoms with van der Waals surface area (Å²) in [6.45, 7) is 4.14. The molecule has 162 valence electrons. The lowest BCUT2D eigenvalue weighted by molar-refractivity contribution is 0.0294. The molecule has 2 amide bonds. The van der Waals surface area contributed by atoms with Gasteiger partial charge in [-0.2, -0.15) is 5.10 Å². The summed E-state index contributed by atoms with van der Waals surface area (Å²) in [6.07, 6.45) is 2.43. The number of hydrogen-bond acceptors (Lipinski definition) is 5. The molecular formula is C22H25N5O4. The van der Waals surface area contributed by atoms with Crippen LogP contribution in [0.25, 0.3) is 10.9 Å². The normalized spacial score (nSPS) is 16.3. The van der Waals surface area contributed by atoms with E-state index in [0.717, 1.165) is 22.2 Å². The molecule has 3 aromatic rings. The van der Waals surface area contributed by atoms with E-state index in [1.807, 2.05) is 28.9 Å². The van der Waals surface area contributed by atoms with E-state index >= 15 is 0 Å². The summed E-state index contributed by atoms with van der Waals surface area (Å²) in [6, 6.07) is 7.71. The van der Waals surface area contributed by atoms with Crippen molar-refractivity contribution in [1.29, 1.82) is 0 Å². The number of hydrogen-bond donors (Lipinski definition) is 2. The molecule has 0 bridgehead atoms. The van der Waals surface area contributed by atoms with Crippen molar-refractivity contribution in [2.24, 2.45) is 0 Å². The molecule has 1 fully saturated rings. The van der Waals surface area contributed by atoms with Crippen molar-refractivity contribution in [3.63, 3.8) is 0 Å². The maximum atomic E-state index is 13.0. The Morgan fingerprint density at radius 3 is 2.84 bits per heavy atom. The maximum Gasteiger partial charge on any atom is 0.274 e. The van der Waals surface area contributed by atoms with Crippen molar-refractivity contribution in [3.8, 4) is 0 Å². The molecule has 1 aromatic carbocycles. The second-order valence-corrected chi connectivity index (χ2v) is 7.71. The molecule has 9 heteroatoms. The molecule has 4 heterocycles. The van der Waals surface area contributed by atoms with Crippen LogP contribution in [0.3, 0.4) is 0 Å². The Kier molecular flexibility index (Phi) is 5.44. The highest BCUT2D eigenvalue weighted by Crippen LogP contribution is 2.23. The van der Waals surface area contributed by atoms with Crippen LogP contribution < -0.4 is 5.32 Å². The van der Waals surface area contributed by atoms with Crippen molar-refractivity contribution in [2.75, 3.05) is 39.5 Å². The first-order valence-electron chi connectivity index (χ1n) is 10.6. The Morgan fingerprint density at radius 1 is 1.13 bits per heavy atom. The number of nitrogens with one attached hydrogen (secondary N) is 2. The van der Waals surface area contributed by atoms with Gasteiger partial charge < -0.3 is 24.7 Å². The van der Waals surface area contributed by atoms with Crippen LogP contribution in [0, 0.1) is 0 Å². The summed E-state index contributed by atoms with van der Waals surface area (Å²) in [5, 5.41) is 8.49. The van der Waals surface area contributed by atoms with Crippen LogP contribution in [-0.4, -0.2) is 70.9 Å². The van der Waals surface area contributed by atoms with Crippen LogP contribution >= 0.6 is 0 Å². The first kappa shape index (κ1) is 19.8. The smallest absolute Gasteiger partial charge is 0.274 e. The van der Waals surface area contributed by atoms with Gasteiger partial charge in [-0.1, -0.05) is 18.2 Å². The zero-order valence-corrected chi connectivity index (χ0v) is 17.2. The third kappa shape index (κ3) is 3.82. The number of carbonyl (C=O) groups excluding carboxylic acids is 2. The number of aromatic nitrogens is 3. The lowest BCUT2D eigenvalue weighted by atomic mass is 10.1. The molecule has 0 spiro atoms. The summed E-state index contributed by atoms with van der Waals surface area (Å²) < 4.78 is 12.8. The standard InChI is InChI=1S/C22H25N5O4/c28-21(16-13-24-18-4-2-1-3-15(16)18)23-6-7-27-19-5-10-31-14-17(19)20(25-27)22(29)26-8-11-30-12-9-26/h1-4,13,24H,5-12,14H2,(H,23,28). The van der Waals surface area contributed by atoms with Gasteiger partial charge in [0, 0.05) is 54.4 Å². The highest BCUT2D eigenvalue weighted by atomic mass is 16.5. The van der Waals surface area contributed by atoms with Gasteiger partial charge in [0.15, 0.2) is 5.69 Å². The summed E-state index contributed by atoms with van der Waals surface area (Å²) in [4.78, 5) is 30.6. The van der Waals surface area contributed by atoms with Gasteiger partial charge in [-0.25, -0.2) is 0 Å². The molecule has 2 aliphatic rings. The lowest BCUT2D eigenvalue weighted by Gasteiger charge is -2.26. The van der Waals surface area contributed by atoms with Crippen molar-refractivity contribution >= 4 is 22.7 Å². The molecule has 0 atom stereocenters. The van der Waals surface area contributed by atoms with Gasteiger partial charge in [0.25, 0.3) is 11.8 Å². The lowest BCUT2D eigenvalue weighted by Crippen LogP contribution is -2.41. The van der Waals surface area contributed by atoms with E-state index in [1.165, 1.54) is 0 Å². The number of para-hydroxylation sites is 1. The molecule has 0 radical (unpaired) electrons. The van der Waals surface area contributed by atoms with Gasteiger partial charge in [-0.15, -0.1) is 0 Å². The fourth-order valence-electron chi connectivity index (χ4n) is 4.21. The van der Waals surface area contributed by atoms with E-state index in [2.05, 4.69) is 15.4 Å². The van der Waals surface area contributed by atoms with Crippen LogP contribution in [0.15, 0.2) is 30.5 Å². The number of amides is 2. The summed E-state index contributed by atoms with van der Waals surface area (Å²) >= 11 is 0. The highest BCUT2D eigenvalue weighted by molar-refractivity contribution is 6.06. The minimum atomic E-state index is -0.133. The number of nitrogens with zero attached hydrogens (tertiary/aromatic N) is 3. The molecule has 2 aliphatic heterocycles. The Morgan fingerprint density at radius 2 is 1.97 bits per heavy atom. The van der Waals surface area contributed by atoms with Crippen LogP contribution in [-0.2, 0) is 29.0 Å². The van der Waals surface area contributed by atoms with E-state index < -0.39 is 0 Å². The number of benzene rings is 1. The second-order valence-electron chi connectivity index (χ2n) is 7.71. The Labute approximate surface area is 179 Å². The molecular weight excluding hydrogens is 398 g/mol. The first-order valence-corrected chi connectivity index (χ1v) is 10.6. The number of morpholine rings is 1. The number of H-pyrrole nitrogens is 1. The van der Waals surface area contributed by atoms with Gasteiger partial charge in [0.1, 0.15) is 0 Å². The predicted octanol–water partition coefficient (Wildman–Crippen LogP) is 1.34. The van der Waals surface area contributed by atoms with Gasteiger partial charge in [-0.3, -0.25) is 14.3 Å². The molecule has 0 saturated carbocycles. The van der Waals surface area contributed by atoms with Crippen molar-refractivity contribution in [3.05, 3.63) is 53.0 Å².